The highest BCUT2D eigenvalue weighted by Gasteiger charge is 2.16. The van der Waals surface area contributed by atoms with Gasteiger partial charge in [-0.25, -0.2) is 0 Å². The zero-order valence-corrected chi connectivity index (χ0v) is 16.1. The lowest BCUT2D eigenvalue weighted by molar-refractivity contribution is -0.122. The van der Waals surface area contributed by atoms with Crippen LogP contribution in [0.1, 0.15) is 13.8 Å². The normalized spacial score (nSPS) is 11.7. The molecule has 0 spiro atoms. The largest absolute Gasteiger partial charge is 0.491 e. The number of hydrogen-bond acceptors (Lipinski definition) is 4. The number of nitrogens with one attached hydrogen (secondary N) is 1. The molecule has 2 aromatic rings. The average molecular weight is 398 g/mol. The second kappa shape index (κ2) is 10.3. The van der Waals surface area contributed by atoms with E-state index in [1.54, 1.807) is 49.4 Å². The second-order valence-corrected chi connectivity index (χ2v) is 6.24. The van der Waals surface area contributed by atoms with Crippen LogP contribution in [-0.2, 0) is 9.53 Å². The van der Waals surface area contributed by atoms with Gasteiger partial charge in [-0.2, -0.15) is 0 Å². The van der Waals surface area contributed by atoms with Gasteiger partial charge >= 0.3 is 0 Å². The Morgan fingerprint density at radius 1 is 1.12 bits per heavy atom. The first-order valence-electron chi connectivity index (χ1n) is 8.22. The number of carbonyl (C=O) groups excluding carboxylic acids is 1. The third kappa shape index (κ3) is 6.41. The Bertz CT molecular complexity index is 722. The van der Waals surface area contributed by atoms with Crippen LogP contribution in [0.3, 0.4) is 0 Å². The Morgan fingerprint density at radius 2 is 1.85 bits per heavy atom. The van der Waals surface area contributed by atoms with Gasteiger partial charge in [0.15, 0.2) is 6.10 Å². The minimum atomic E-state index is -0.726. The van der Waals surface area contributed by atoms with Crippen molar-refractivity contribution in [2.75, 3.05) is 25.1 Å². The van der Waals surface area contributed by atoms with Crippen molar-refractivity contribution in [3.05, 3.63) is 52.5 Å². The molecule has 0 aromatic heterocycles. The lowest BCUT2D eigenvalue weighted by Gasteiger charge is -2.16. The van der Waals surface area contributed by atoms with Gasteiger partial charge in [-0.15, -0.1) is 0 Å². The molecule has 5 nitrogen and oxygen atoms in total. The van der Waals surface area contributed by atoms with Crippen molar-refractivity contribution in [2.24, 2.45) is 0 Å². The van der Waals surface area contributed by atoms with Crippen LogP contribution in [0.5, 0.6) is 11.5 Å². The van der Waals surface area contributed by atoms with Crippen molar-refractivity contribution in [1.29, 1.82) is 0 Å². The molecule has 1 amide bonds. The molecule has 0 fully saturated rings. The second-order valence-electron chi connectivity index (χ2n) is 5.39. The highest BCUT2D eigenvalue weighted by atomic mass is 35.5. The molecule has 1 unspecified atom stereocenters. The fourth-order valence-electron chi connectivity index (χ4n) is 2.06. The van der Waals surface area contributed by atoms with Gasteiger partial charge < -0.3 is 19.5 Å². The minimum absolute atomic E-state index is 0.291. The molecule has 0 heterocycles. The summed E-state index contributed by atoms with van der Waals surface area (Å²) in [5.41, 5.74) is 0.643. The number of anilines is 1. The maximum Gasteiger partial charge on any atom is 0.265 e. The summed E-state index contributed by atoms with van der Waals surface area (Å²) in [5.74, 6) is 0.817. The fraction of sp³-hybridized carbons (Fsp3) is 0.316. The monoisotopic (exact) mass is 397 g/mol. The number of carbonyl (C=O) groups is 1. The molecular weight excluding hydrogens is 377 g/mol. The summed E-state index contributed by atoms with van der Waals surface area (Å²) in [4.78, 5) is 12.3. The fourth-order valence-corrected chi connectivity index (χ4v) is 2.51. The zero-order valence-electron chi connectivity index (χ0n) is 14.6. The van der Waals surface area contributed by atoms with E-state index < -0.39 is 6.10 Å². The summed E-state index contributed by atoms with van der Waals surface area (Å²) in [7, 11) is 0. The van der Waals surface area contributed by atoms with Gasteiger partial charge in [0.25, 0.3) is 5.91 Å². The van der Waals surface area contributed by atoms with Gasteiger partial charge in [-0.1, -0.05) is 23.2 Å². The molecule has 2 rings (SSSR count). The van der Waals surface area contributed by atoms with E-state index >= 15 is 0 Å². The molecule has 0 aliphatic rings. The van der Waals surface area contributed by atoms with Crippen LogP contribution in [0.4, 0.5) is 5.69 Å². The molecule has 140 valence electrons. The standard InChI is InChI=1S/C19H21Cl2NO4/c1-3-24-10-11-25-16-7-5-15(6-8-16)22-19(23)13(2)26-18-9-4-14(20)12-17(18)21/h4-9,12-13H,3,10-11H2,1-2H3,(H,22,23). The van der Waals surface area contributed by atoms with Crippen LogP contribution in [0.15, 0.2) is 42.5 Å². The summed E-state index contributed by atoms with van der Waals surface area (Å²) in [6, 6.07) is 11.9. The van der Waals surface area contributed by atoms with Crippen LogP contribution in [0.2, 0.25) is 10.0 Å². The van der Waals surface area contributed by atoms with E-state index in [0.717, 1.165) is 0 Å². The molecule has 2 aromatic carbocycles. The van der Waals surface area contributed by atoms with Gasteiger partial charge in [-0.3, -0.25) is 4.79 Å². The quantitative estimate of drug-likeness (QED) is 0.616. The van der Waals surface area contributed by atoms with Crippen molar-refractivity contribution in [3.63, 3.8) is 0 Å². The average Bonchev–Trinajstić information content (AvgIpc) is 2.62. The van der Waals surface area contributed by atoms with Gasteiger partial charge in [-0.05, 0) is 56.3 Å². The Kier molecular flexibility index (Phi) is 8.04. The van der Waals surface area contributed by atoms with E-state index in [-0.39, 0.29) is 5.91 Å². The third-order valence-electron chi connectivity index (χ3n) is 3.39. The summed E-state index contributed by atoms with van der Waals surface area (Å²) in [5, 5.41) is 3.64. The van der Waals surface area contributed by atoms with Gasteiger partial charge in [0, 0.05) is 17.3 Å². The molecule has 7 heteroatoms. The molecule has 1 atom stereocenters. The van der Waals surface area contributed by atoms with Gasteiger partial charge in [0.1, 0.15) is 18.1 Å². The van der Waals surface area contributed by atoms with Crippen LogP contribution in [0, 0.1) is 0 Å². The van der Waals surface area contributed by atoms with E-state index in [4.69, 9.17) is 37.4 Å². The van der Waals surface area contributed by atoms with E-state index in [9.17, 15) is 4.79 Å². The van der Waals surface area contributed by atoms with Crippen molar-refractivity contribution in [1.82, 2.24) is 0 Å². The zero-order chi connectivity index (χ0) is 18.9. The molecular formula is C19H21Cl2NO4. The van der Waals surface area contributed by atoms with Gasteiger partial charge in [0.2, 0.25) is 0 Å². The summed E-state index contributed by atoms with van der Waals surface area (Å²) >= 11 is 11.9. The van der Waals surface area contributed by atoms with Crippen molar-refractivity contribution in [3.8, 4) is 11.5 Å². The molecule has 0 aliphatic heterocycles. The Hall–Kier alpha value is -1.95. The van der Waals surface area contributed by atoms with Crippen molar-refractivity contribution < 1.29 is 19.0 Å². The molecule has 0 radical (unpaired) electrons. The third-order valence-corrected chi connectivity index (χ3v) is 3.92. The SMILES string of the molecule is CCOCCOc1ccc(NC(=O)C(C)Oc2ccc(Cl)cc2Cl)cc1. The van der Waals surface area contributed by atoms with E-state index in [2.05, 4.69) is 5.32 Å². The summed E-state index contributed by atoms with van der Waals surface area (Å²) in [6.07, 6.45) is -0.726. The van der Waals surface area contributed by atoms with Gasteiger partial charge in [0.05, 0.1) is 11.6 Å². The maximum absolute atomic E-state index is 12.3. The van der Waals surface area contributed by atoms with Crippen molar-refractivity contribution in [2.45, 2.75) is 20.0 Å². The first-order chi connectivity index (χ1) is 12.5. The Balaban J connectivity index is 1.86. The topological polar surface area (TPSA) is 56.8 Å². The van der Waals surface area contributed by atoms with Crippen LogP contribution in [0.25, 0.3) is 0 Å². The van der Waals surface area contributed by atoms with E-state index in [1.807, 2.05) is 6.92 Å². The smallest absolute Gasteiger partial charge is 0.265 e. The maximum atomic E-state index is 12.3. The number of ether oxygens (including phenoxy) is 3. The lowest BCUT2D eigenvalue weighted by Crippen LogP contribution is -2.30. The predicted octanol–water partition coefficient (Wildman–Crippen LogP) is 4.81. The summed E-state index contributed by atoms with van der Waals surface area (Å²) < 4.78 is 16.3. The molecule has 26 heavy (non-hydrogen) atoms. The molecule has 0 aliphatic carbocycles. The number of amides is 1. The molecule has 0 saturated heterocycles. The van der Waals surface area contributed by atoms with Crippen LogP contribution in [-0.4, -0.2) is 31.8 Å². The molecule has 1 N–H and O–H groups in total. The number of rotatable bonds is 9. The van der Waals surface area contributed by atoms with Crippen LogP contribution >= 0.6 is 23.2 Å². The Labute approximate surface area is 163 Å². The summed E-state index contributed by atoms with van der Waals surface area (Å²) in [6.45, 7) is 5.26. The molecule has 0 saturated carbocycles. The number of benzene rings is 2. The Morgan fingerprint density at radius 3 is 2.50 bits per heavy atom. The van der Waals surface area contributed by atoms with E-state index in [0.29, 0.717) is 47.1 Å². The highest BCUT2D eigenvalue weighted by molar-refractivity contribution is 6.35. The molecule has 0 bridgehead atoms. The minimum Gasteiger partial charge on any atom is -0.491 e. The number of hydrogen-bond donors (Lipinski definition) is 1. The first kappa shape index (κ1) is 20.4. The van der Waals surface area contributed by atoms with Crippen LogP contribution < -0.4 is 14.8 Å². The number of halogens is 2. The highest BCUT2D eigenvalue weighted by Crippen LogP contribution is 2.28. The van der Waals surface area contributed by atoms with E-state index in [1.165, 1.54) is 0 Å². The first-order valence-corrected chi connectivity index (χ1v) is 8.98. The lowest BCUT2D eigenvalue weighted by atomic mass is 10.2. The van der Waals surface area contributed by atoms with Crippen molar-refractivity contribution >= 4 is 34.8 Å². The predicted molar refractivity (Wildman–Crippen MR) is 104 cm³/mol.